The van der Waals surface area contributed by atoms with E-state index in [1.807, 2.05) is 0 Å². The summed E-state index contributed by atoms with van der Waals surface area (Å²) in [4.78, 5) is 0. The van der Waals surface area contributed by atoms with Crippen LogP contribution in [0.15, 0.2) is 28.7 Å². The van der Waals surface area contributed by atoms with Gasteiger partial charge in [-0.15, -0.1) is 0 Å². The number of hydrogen-bond acceptors (Lipinski definition) is 0. The van der Waals surface area contributed by atoms with Crippen molar-refractivity contribution in [3.05, 3.63) is 34.3 Å². The molecule has 0 atom stereocenters. The van der Waals surface area contributed by atoms with Crippen molar-refractivity contribution >= 4 is 15.9 Å². The first-order chi connectivity index (χ1) is 5.83. The molecule has 0 saturated carbocycles. The second kappa shape index (κ2) is 5.33. The molecule has 0 spiro atoms. The van der Waals surface area contributed by atoms with Crippen LogP contribution in [0.1, 0.15) is 18.9 Å². The number of quaternary nitrogens is 1. The van der Waals surface area contributed by atoms with Gasteiger partial charge in [0.25, 0.3) is 0 Å². The van der Waals surface area contributed by atoms with Crippen LogP contribution in [-0.2, 0) is 6.54 Å². The maximum Gasteiger partial charge on any atom is 0.101 e. The van der Waals surface area contributed by atoms with Gasteiger partial charge in [-0.1, -0.05) is 35.0 Å². The normalized spacial score (nSPS) is 10.2. The summed E-state index contributed by atoms with van der Waals surface area (Å²) in [5.74, 6) is 0. The number of rotatable bonds is 4. The summed E-state index contributed by atoms with van der Waals surface area (Å²) in [6, 6.07) is 8.48. The van der Waals surface area contributed by atoms with E-state index in [-0.39, 0.29) is 0 Å². The molecule has 0 amide bonds. The van der Waals surface area contributed by atoms with Crippen LogP contribution in [0.3, 0.4) is 0 Å². The van der Waals surface area contributed by atoms with Gasteiger partial charge in [-0.3, -0.25) is 0 Å². The molecule has 0 aliphatic heterocycles. The van der Waals surface area contributed by atoms with E-state index in [2.05, 4.69) is 52.4 Å². The largest absolute Gasteiger partial charge is 0.343 e. The van der Waals surface area contributed by atoms with E-state index in [4.69, 9.17) is 0 Å². The van der Waals surface area contributed by atoms with E-state index in [0.717, 1.165) is 6.54 Å². The van der Waals surface area contributed by atoms with E-state index in [1.54, 1.807) is 0 Å². The van der Waals surface area contributed by atoms with Crippen LogP contribution in [0.5, 0.6) is 0 Å². The monoisotopic (exact) mass is 228 g/mol. The highest BCUT2D eigenvalue weighted by Crippen LogP contribution is 2.10. The summed E-state index contributed by atoms with van der Waals surface area (Å²) < 4.78 is 1.17. The highest BCUT2D eigenvalue weighted by Gasteiger charge is 1.94. The topological polar surface area (TPSA) is 16.6 Å². The molecule has 12 heavy (non-hydrogen) atoms. The minimum atomic E-state index is 1.09. The molecule has 0 heterocycles. The minimum Gasteiger partial charge on any atom is -0.343 e. The summed E-state index contributed by atoms with van der Waals surface area (Å²) in [7, 11) is 0. The highest BCUT2D eigenvalue weighted by atomic mass is 79.9. The Kier molecular flexibility index (Phi) is 4.33. The van der Waals surface area contributed by atoms with Crippen LogP contribution in [0.2, 0.25) is 0 Å². The molecule has 0 aliphatic rings. The van der Waals surface area contributed by atoms with Crippen LogP contribution in [-0.4, -0.2) is 6.54 Å². The lowest BCUT2D eigenvalue weighted by atomic mass is 10.2. The summed E-state index contributed by atoms with van der Waals surface area (Å²) in [6.45, 7) is 4.51. The molecule has 0 aliphatic carbocycles. The van der Waals surface area contributed by atoms with Gasteiger partial charge in [0, 0.05) is 10.0 Å². The second-order valence-corrected chi connectivity index (χ2v) is 3.83. The molecule has 0 saturated heterocycles. The molecule has 0 radical (unpaired) electrons. The molecule has 0 fully saturated rings. The molecule has 2 heteroatoms. The minimum absolute atomic E-state index is 1.09. The fourth-order valence-electron chi connectivity index (χ4n) is 1.14. The Balaban J connectivity index is 2.41. The number of hydrogen-bond donors (Lipinski definition) is 1. The van der Waals surface area contributed by atoms with E-state index in [0.29, 0.717) is 0 Å². The van der Waals surface area contributed by atoms with Gasteiger partial charge < -0.3 is 5.32 Å². The van der Waals surface area contributed by atoms with Gasteiger partial charge in [0.05, 0.1) is 6.54 Å². The molecular weight excluding hydrogens is 214 g/mol. The third-order valence-corrected chi connectivity index (χ3v) is 2.26. The predicted octanol–water partition coefficient (Wildman–Crippen LogP) is 1.92. The Bertz CT molecular complexity index is 235. The van der Waals surface area contributed by atoms with Crippen molar-refractivity contribution in [2.24, 2.45) is 0 Å². The summed E-state index contributed by atoms with van der Waals surface area (Å²) in [6.07, 6.45) is 1.24. The Morgan fingerprint density at radius 3 is 2.92 bits per heavy atom. The quantitative estimate of drug-likeness (QED) is 0.759. The van der Waals surface area contributed by atoms with Crippen LogP contribution in [0, 0.1) is 0 Å². The van der Waals surface area contributed by atoms with Crippen molar-refractivity contribution in [3.63, 3.8) is 0 Å². The van der Waals surface area contributed by atoms with Crippen LogP contribution >= 0.6 is 15.9 Å². The van der Waals surface area contributed by atoms with Crippen molar-refractivity contribution < 1.29 is 5.32 Å². The van der Waals surface area contributed by atoms with E-state index < -0.39 is 0 Å². The summed E-state index contributed by atoms with van der Waals surface area (Å²) in [5.41, 5.74) is 1.39. The van der Waals surface area contributed by atoms with Gasteiger partial charge in [0.2, 0.25) is 0 Å². The van der Waals surface area contributed by atoms with Crippen LogP contribution < -0.4 is 5.32 Å². The summed E-state index contributed by atoms with van der Waals surface area (Å²) in [5, 5.41) is 2.34. The van der Waals surface area contributed by atoms with Crippen molar-refractivity contribution in [1.29, 1.82) is 0 Å². The SMILES string of the molecule is CCC[NH2+]Cc1cccc(Br)c1. The Morgan fingerprint density at radius 1 is 1.42 bits per heavy atom. The molecule has 1 nitrogen and oxygen atoms in total. The van der Waals surface area contributed by atoms with Crippen molar-refractivity contribution in [2.45, 2.75) is 19.9 Å². The molecule has 66 valence electrons. The standard InChI is InChI=1S/C10H14BrN/c1-2-6-12-8-9-4-3-5-10(11)7-9/h3-5,7,12H,2,6,8H2,1H3/p+1. The first-order valence-corrected chi connectivity index (χ1v) is 5.18. The van der Waals surface area contributed by atoms with Gasteiger partial charge in [-0.05, 0) is 18.6 Å². The number of halogens is 1. The van der Waals surface area contributed by atoms with Crippen LogP contribution in [0.25, 0.3) is 0 Å². The van der Waals surface area contributed by atoms with Crippen molar-refractivity contribution in [3.8, 4) is 0 Å². The lowest BCUT2D eigenvalue weighted by Gasteiger charge is -2.00. The van der Waals surface area contributed by atoms with Gasteiger partial charge in [0.1, 0.15) is 6.54 Å². The fraction of sp³-hybridized carbons (Fsp3) is 0.400. The third kappa shape index (κ3) is 3.37. The first-order valence-electron chi connectivity index (χ1n) is 4.39. The molecular formula is C10H15BrN+. The van der Waals surface area contributed by atoms with Gasteiger partial charge >= 0.3 is 0 Å². The molecule has 0 bridgehead atoms. The smallest absolute Gasteiger partial charge is 0.101 e. The lowest BCUT2D eigenvalue weighted by molar-refractivity contribution is -0.670. The third-order valence-electron chi connectivity index (χ3n) is 1.76. The Morgan fingerprint density at radius 2 is 2.25 bits per heavy atom. The van der Waals surface area contributed by atoms with Crippen molar-refractivity contribution in [1.82, 2.24) is 0 Å². The van der Waals surface area contributed by atoms with Gasteiger partial charge in [-0.25, -0.2) is 0 Å². The zero-order valence-electron chi connectivity index (χ0n) is 7.39. The maximum absolute atomic E-state index is 3.46. The van der Waals surface area contributed by atoms with E-state index in [1.165, 1.54) is 23.0 Å². The highest BCUT2D eigenvalue weighted by molar-refractivity contribution is 9.10. The predicted molar refractivity (Wildman–Crippen MR) is 54.9 cm³/mol. The number of nitrogens with two attached hydrogens (primary N) is 1. The molecule has 1 rings (SSSR count). The van der Waals surface area contributed by atoms with Crippen LogP contribution in [0.4, 0.5) is 0 Å². The molecule has 1 aromatic carbocycles. The molecule has 0 unspecified atom stereocenters. The second-order valence-electron chi connectivity index (χ2n) is 2.91. The summed E-state index contributed by atoms with van der Waals surface area (Å²) >= 11 is 3.46. The lowest BCUT2D eigenvalue weighted by Crippen LogP contribution is -2.82. The molecule has 2 N–H and O–H groups in total. The zero-order valence-corrected chi connectivity index (χ0v) is 8.97. The van der Waals surface area contributed by atoms with Gasteiger partial charge in [-0.2, -0.15) is 0 Å². The van der Waals surface area contributed by atoms with E-state index in [9.17, 15) is 0 Å². The Labute approximate surface area is 82.3 Å². The average molecular weight is 229 g/mol. The van der Waals surface area contributed by atoms with Gasteiger partial charge in [0.15, 0.2) is 0 Å². The number of benzene rings is 1. The molecule has 0 aromatic heterocycles. The van der Waals surface area contributed by atoms with Crippen molar-refractivity contribution in [2.75, 3.05) is 6.54 Å². The zero-order chi connectivity index (χ0) is 8.81. The fourth-order valence-corrected chi connectivity index (χ4v) is 1.58. The first kappa shape index (κ1) is 9.75. The Hall–Kier alpha value is -0.340. The average Bonchev–Trinajstić information content (AvgIpc) is 2.05. The maximum atomic E-state index is 3.46. The van der Waals surface area contributed by atoms with E-state index >= 15 is 0 Å². The molecule has 1 aromatic rings.